The fourth-order valence-electron chi connectivity index (χ4n) is 2.85. The van der Waals surface area contributed by atoms with Crippen LogP contribution in [0.1, 0.15) is 38.5 Å². The zero-order valence-electron chi connectivity index (χ0n) is 9.27. The summed E-state index contributed by atoms with van der Waals surface area (Å²) in [5.41, 5.74) is 0. The second kappa shape index (κ2) is 5.08. The number of rotatable bonds is 2. The molecule has 0 aromatic carbocycles. The molecule has 1 saturated heterocycles. The highest BCUT2D eigenvalue weighted by Gasteiger charge is 2.27. The van der Waals surface area contributed by atoms with E-state index in [1.165, 1.54) is 12.8 Å². The van der Waals surface area contributed by atoms with Crippen molar-refractivity contribution in [1.82, 2.24) is 4.90 Å². The van der Waals surface area contributed by atoms with Crippen molar-refractivity contribution < 1.29 is 9.90 Å². The number of carbonyl (C=O) groups is 1. The molecular formula is C12H21NO2. The number of piperidine rings is 1. The molecule has 0 aromatic heterocycles. The minimum atomic E-state index is -0.0763. The summed E-state index contributed by atoms with van der Waals surface area (Å²) in [4.78, 5) is 13.1. The highest BCUT2D eigenvalue weighted by atomic mass is 16.3. The van der Waals surface area contributed by atoms with Gasteiger partial charge in [-0.1, -0.05) is 0 Å². The molecule has 2 fully saturated rings. The lowest BCUT2D eigenvalue weighted by atomic mass is 9.85. The molecule has 3 heteroatoms. The topological polar surface area (TPSA) is 40.5 Å². The second-order valence-corrected chi connectivity index (χ2v) is 4.97. The Morgan fingerprint density at radius 3 is 2.13 bits per heavy atom. The quantitative estimate of drug-likeness (QED) is 0.698. The lowest BCUT2D eigenvalue weighted by Crippen LogP contribution is -2.44. The van der Waals surface area contributed by atoms with Crippen molar-refractivity contribution in [3.05, 3.63) is 0 Å². The van der Waals surface area contributed by atoms with Gasteiger partial charge in [0.2, 0.25) is 0 Å². The Balaban J connectivity index is 1.78. The van der Waals surface area contributed by atoms with Gasteiger partial charge in [-0.05, 0) is 38.5 Å². The largest absolute Gasteiger partial charge is 0.393 e. The lowest BCUT2D eigenvalue weighted by molar-refractivity contribution is -0.112. The Morgan fingerprint density at radius 2 is 1.60 bits per heavy atom. The first kappa shape index (κ1) is 11.1. The molecule has 1 N–H and O–H groups in total. The number of hydrogen-bond donors (Lipinski definition) is 1. The summed E-state index contributed by atoms with van der Waals surface area (Å²) in [5.74, 6) is 0.316. The van der Waals surface area contributed by atoms with Crippen molar-refractivity contribution in [3.63, 3.8) is 0 Å². The van der Waals surface area contributed by atoms with Crippen molar-refractivity contribution in [1.29, 1.82) is 0 Å². The van der Waals surface area contributed by atoms with Crippen LogP contribution in [0, 0.1) is 5.92 Å². The molecular weight excluding hydrogens is 190 g/mol. The van der Waals surface area contributed by atoms with E-state index in [1.807, 2.05) is 0 Å². The monoisotopic (exact) mass is 211 g/mol. The van der Waals surface area contributed by atoms with E-state index in [1.54, 1.807) is 0 Å². The minimum absolute atomic E-state index is 0.0763. The highest BCUT2D eigenvalue weighted by molar-refractivity contribution is 5.53. The average molecular weight is 211 g/mol. The molecule has 2 aliphatic rings. The molecule has 1 aliphatic carbocycles. The first-order valence-corrected chi connectivity index (χ1v) is 6.17. The summed E-state index contributed by atoms with van der Waals surface area (Å²) >= 11 is 0. The van der Waals surface area contributed by atoms with Gasteiger partial charge in [-0.15, -0.1) is 0 Å². The van der Waals surface area contributed by atoms with Crippen LogP contribution in [0.2, 0.25) is 0 Å². The molecule has 0 radical (unpaired) electrons. The van der Waals surface area contributed by atoms with Crippen molar-refractivity contribution >= 4 is 6.29 Å². The number of carbonyl (C=O) groups excluding carboxylic acids is 1. The van der Waals surface area contributed by atoms with Gasteiger partial charge in [-0.3, -0.25) is 0 Å². The zero-order valence-corrected chi connectivity index (χ0v) is 9.27. The third kappa shape index (κ3) is 2.79. The van der Waals surface area contributed by atoms with E-state index in [-0.39, 0.29) is 6.10 Å². The molecule has 0 bridgehead atoms. The molecule has 15 heavy (non-hydrogen) atoms. The van der Waals surface area contributed by atoms with Crippen molar-refractivity contribution in [3.8, 4) is 0 Å². The number of aldehydes is 1. The maximum atomic E-state index is 10.6. The fourth-order valence-corrected chi connectivity index (χ4v) is 2.85. The first-order chi connectivity index (χ1) is 7.29. The SMILES string of the molecule is O=CC1CCC(N2CCC(O)CC2)CC1. The van der Waals surface area contributed by atoms with E-state index in [9.17, 15) is 9.90 Å². The predicted molar refractivity (Wildman–Crippen MR) is 58.6 cm³/mol. The van der Waals surface area contributed by atoms with Crippen LogP contribution in [0.25, 0.3) is 0 Å². The minimum Gasteiger partial charge on any atom is -0.393 e. The standard InChI is InChI=1S/C12H21NO2/c14-9-10-1-3-11(4-2-10)13-7-5-12(15)6-8-13/h9-12,15H,1-8H2. The van der Waals surface area contributed by atoms with Gasteiger partial charge in [0.25, 0.3) is 0 Å². The van der Waals surface area contributed by atoms with Crippen LogP contribution in [0.4, 0.5) is 0 Å². The van der Waals surface area contributed by atoms with Gasteiger partial charge in [-0.25, -0.2) is 0 Å². The average Bonchev–Trinajstić information content (AvgIpc) is 2.30. The van der Waals surface area contributed by atoms with E-state index in [0.29, 0.717) is 12.0 Å². The summed E-state index contributed by atoms with van der Waals surface area (Å²) in [5, 5.41) is 9.43. The second-order valence-electron chi connectivity index (χ2n) is 4.97. The summed E-state index contributed by atoms with van der Waals surface area (Å²) in [7, 11) is 0. The van der Waals surface area contributed by atoms with Gasteiger partial charge in [0.15, 0.2) is 0 Å². The van der Waals surface area contributed by atoms with Crippen molar-refractivity contribution in [2.45, 2.75) is 50.7 Å². The molecule has 0 unspecified atom stereocenters. The summed E-state index contributed by atoms with van der Waals surface area (Å²) < 4.78 is 0. The number of aliphatic hydroxyl groups is 1. The maximum absolute atomic E-state index is 10.6. The molecule has 1 aliphatic heterocycles. The van der Waals surface area contributed by atoms with Crippen LogP contribution in [-0.2, 0) is 4.79 Å². The Bertz CT molecular complexity index is 204. The van der Waals surface area contributed by atoms with E-state index in [0.717, 1.165) is 45.1 Å². The molecule has 86 valence electrons. The van der Waals surface area contributed by atoms with E-state index < -0.39 is 0 Å². The molecule has 2 rings (SSSR count). The van der Waals surface area contributed by atoms with Crippen LogP contribution in [0.15, 0.2) is 0 Å². The smallest absolute Gasteiger partial charge is 0.123 e. The van der Waals surface area contributed by atoms with Gasteiger partial charge >= 0.3 is 0 Å². The lowest BCUT2D eigenvalue weighted by Gasteiger charge is -2.39. The van der Waals surface area contributed by atoms with E-state index in [2.05, 4.69) is 4.90 Å². The van der Waals surface area contributed by atoms with E-state index in [4.69, 9.17) is 0 Å². The molecule has 1 saturated carbocycles. The Kier molecular flexibility index (Phi) is 3.76. The van der Waals surface area contributed by atoms with Crippen molar-refractivity contribution in [2.75, 3.05) is 13.1 Å². The number of nitrogens with zero attached hydrogens (tertiary/aromatic N) is 1. The summed E-state index contributed by atoms with van der Waals surface area (Å²) in [6, 6.07) is 0.675. The first-order valence-electron chi connectivity index (χ1n) is 6.17. The van der Waals surface area contributed by atoms with Crippen LogP contribution >= 0.6 is 0 Å². The fraction of sp³-hybridized carbons (Fsp3) is 0.917. The van der Waals surface area contributed by atoms with Crippen LogP contribution in [0.5, 0.6) is 0 Å². The van der Waals surface area contributed by atoms with Crippen molar-refractivity contribution in [2.24, 2.45) is 5.92 Å². The van der Waals surface area contributed by atoms with Crippen LogP contribution in [-0.4, -0.2) is 41.5 Å². The van der Waals surface area contributed by atoms with Gasteiger partial charge in [-0.2, -0.15) is 0 Å². The van der Waals surface area contributed by atoms with Crippen LogP contribution < -0.4 is 0 Å². The molecule has 0 spiro atoms. The van der Waals surface area contributed by atoms with Gasteiger partial charge < -0.3 is 14.8 Å². The molecule has 0 atom stereocenters. The molecule has 0 amide bonds. The van der Waals surface area contributed by atoms with Gasteiger partial charge in [0.1, 0.15) is 6.29 Å². The highest BCUT2D eigenvalue weighted by Crippen LogP contribution is 2.28. The number of hydrogen-bond acceptors (Lipinski definition) is 3. The van der Waals surface area contributed by atoms with Gasteiger partial charge in [0, 0.05) is 25.0 Å². The zero-order chi connectivity index (χ0) is 10.7. The van der Waals surface area contributed by atoms with Gasteiger partial charge in [0.05, 0.1) is 6.10 Å². The number of aliphatic hydroxyl groups excluding tert-OH is 1. The predicted octanol–water partition coefficient (Wildman–Crippen LogP) is 1.20. The normalized spacial score (nSPS) is 35.3. The molecule has 0 aromatic rings. The Labute approximate surface area is 91.5 Å². The third-order valence-corrected chi connectivity index (χ3v) is 3.95. The molecule has 1 heterocycles. The Morgan fingerprint density at radius 1 is 1.00 bits per heavy atom. The van der Waals surface area contributed by atoms with E-state index >= 15 is 0 Å². The summed E-state index contributed by atoms with van der Waals surface area (Å²) in [6.45, 7) is 2.08. The third-order valence-electron chi connectivity index (χ3n) is 3.95. The van der Waals surface area contributed by atoms with Crippen LogP contribution in [0.3, 0.4) is 0 Å². The Hall–Kier alpha value is -0.410. The molecule has 3 nitrogen and oxygen atoms in total. The summed E-state index contributed by atoms with van der Waals surface area (Å²) in [6.07, 6.45) is 7.35. The maximum Gasteiger partial charge on any atom is 0.123 e. The number of likely N-dealkylation sites (tertiary alicyclic amines) is 1.